The van der Waals surface area contributed by atoms with E-state index in [1.165, 1.54) is 18.2 Å². The smallest absolute Gasteiger partial charge is 0.271 e. The lowest BCUT2D eigenvalue weighted by atomic mass is 9.99. The summed E-state index contributed by atoms with van der Waals surface area (Å²) in [6.45, 7) is 0.578. The minimum atomic E-state index is -0.431. The molecule has 7 heteroatoms. The highest BCUT2D eigenvalue weighted by atomic mass is 35.5. The zero-order chi connectivity index (χ0) is 23.9. The molecular formula is C27H24ClN3O3. The molecule has 0 saturated heterocycles. The van der Waals surface area contributed by atoms with Gasteiger partial charge in [0.2, 0.25) is 0 Å². The van der Waals surface area contributed by atoms with Gasteiger partial charge in [-0.05, 0) is 40.1 Å². The molecular weight excluding hydrogens is 450 g/mol. The summed E-state index contributed by atoms with van der Waals surface area (Å²) in [5.74, 6) is -0.518. The summed E-state index contributed by atoms with van der Waals surface area (Å²) in [4.78, 5) is 12.3. The molecule has 6 nitrogen and oxygen atoms in total. The molecule has 34 heavy (non-hydrogen) atoms. The van der Waals surface area contributed by atoms with Crippen molar-refractivity contribution in [3.63, 3.8) is 0 Å². The van der Waals surface area contributed by atoms with E-state index in [9.17, 15) is 15.0 Å². The molecule has 0 fully saturated rings. The largest absolute Gasteiger partial charge is 0.506 e. The van der Waals surface area contributed by atoms with Crippen molar-refractivity contribution in [1.82, 2.24) is 10.7 Å². The van der Waals surface area contributed by atoms with Crippen LogP contribution in [0.5, 0.6) is 5.75 Å². The van der Waals surface area contributed by atoms with Crippen molar-refractivity contribution >= 4 is 34.5 Å². The van der Waals surface area contributed by atoms with E-state index in [1.807, 2.05) is 66.7 Å². The van der Waals surface area contributed by atoms with Crippen LogP contribution in [0.25, 0.3) is 10.8 Å². The van der Waals surface area contributed by atoms with Gasteiger partial charge >= 0.3 is 0 Å². The minimum Gasteiger partial charge on any atom is -0.506 e. The van der Waals surface area contributed by atoms with Gasteiger partial charge in [-0.15, -0.1) is 0 Å². The zero-order valence-electron chi connectivity index (χ0n) is 18.3. The monoisotopic (exact) mass is 473 g/mol. The number of hydrazone groups is 1. The Bertz CT molecular complexity index is 1330. The number of phenolic OH excluding ortho intramolecular Hbond substituents is 1. The van der Waals surface area contributed by atoms with Crippen molar-refractivity contribution < 1.29 is 15.0 Å². The molecule has 0 radical (unpaired) electrons. The lowest BCUT2D eigenvalue weighted by molar-refractivity contribution is 0.0955. The number of carbonyl (C=O) groups excluding carboxylic acids is 1. The third-order valence-corrected chi connectivity index (χ3v) is 5.85. The number of halogens is 1. The van der Waals surface area contributed by atoms with E-state index in [0.29, 0.717) is 12.1 Å². The lowest BCUT2D eigenvalue weighted by Gasteiger charge is -2.18. The number of fused-ring (bicyclic) bond motifs is 1. The average molecular weight is 474 g/mol. The number of nitrogens with zero attached hydrogens (tertiary/aromatic N) is 1. The molecule has 0 aliphatic rings. The van der Waals surface area contributed by atoms with Crippen LogP contribution < -0.4 is 10.7 Å². The molecule has 0 bridgehead atoms. The maximum absolute atomic E-state index is 12.3. The SMILES string of the molecule is O=C(NN=Cc1ccc(CNC(CO)c2ccccc2)c2ccccc12)c1ccc(O)c(Cl)c1. The Balaban J connectivity index is 1.50. The van der Waals surface area contributed by atoms with Gasteiger partial charge in [0.1, 0.15) is 5.75 Å². The first-order chi connectivity index (χ1) is 16.6. The Morgan fingerprint density at radius 1 is 0.971 bits per heavy atom. The third-order valence-electron chi connectivity index (χ3n) is 5.55. The second-order valence-corrected chi connectivity index (χ2v) is 8.16. The Morgan fingerprint density at radius 3 is 2.44 bits per heavy atom. The number of aromatic hydroxyl groups is 1. The minimum absolute atomic E-state index is 0.00136. The summed E-state index contributed by atoms with van der Waals surface area (Å²) in [7, 11) is 0. The van der Waals surface area contributed by atoms with Crippen LogP contribution in [0.3, 0.4) is 0 Å². The number of aliphatic hydroxyl groups is 1. The molecule has 0 spiro atoms. The van der Waals surface area contributed by atoms with Crippen molar-refractivity contribution in [1.29, 1.82) is 0 Å². The van der Waals surface area contributed by atoms with Crippen molar-refractivity contribution in [2.75, 3.05) is 6.61 Å². The Hall–Kier alpha value is -3.71. The van der Waals surface area contributed by atoms with Gasteiger partial charge in [-0.25, -0.2) is 5.43 Å². The number of hydrogen-bond acceptors (Lipinski definition) is 5. The first kappa shape index (κ1) is 23.4. The number of nitrogens with one attached hydrogen (secondary N) is 2. The molecule has 4 rings (SSSR count). The Morgan fingerprint density at radius 2 is 1.71 bits per heavy atom. The molecule has 4 aromatic carbocycles. The van der Waals surface area contributed by atoms with E-state index in [4.69, 9.17) is 11.6 Å². The van der Waals surface area contributed by atoms with Crippen LogP contribution >= 0.6 is 11.6 Å². The fourth-order valence-corrected chi connectivity index (χ4v) is 3.91. The molecule has 1 atom stereocenters. The van der Waals surface area contributed by atoms with E-state index in [0.717, 1.165) is 27.5 Å². The Kier molecular flexibility index (Phi) is 7.54. The standard InChI is InChI=1S/C27H24ClN3O3/c28-24-14-19(12-13-26(24)33)27(34)31-30-16-21-11-10-20(22-8-4-5-9-23(21)22)15-29-25(17-32)18-6-2-1-3-7-18/h1-14,16,25,29,32-33H,15,17H2,(H,31,34). The van der Waals surface area contributed by atoms with Crippen molar-refractivity contribution in [3.05, 3.63) is 112 Å². The van der Waals surface area contributed by atoms with Crippen LogP contribution in [0.4, 0.5) is 0 Å². The van der Waals surface area contributed by atoms with E-state index < -0.39 is 5.91 Å². The molecule has 1 amide bonds. The van der Waals surface area contributed by atoms with Gasteiger partial charge in [0, 0.05) is 17.7 Å². The maximum Gasteiger partial charge on any atom is 0.271 e. The summed E-state index contributed by atoms with van der Waals surface area (Å²) in [6.07, 6.45) is 1.60. The summed E-state index contributed by atoms with van der Waals surface area (Å²) in [5, 5.41) is 29.0. The van der Waals surface area contributed by atoms with Gasteiger partial charge in [-0.2, -0.15) is 5.10 Å². The van der Waals surface area contributed by atoms with Crippen LogP contribution in [0.2, 0.25) is 5.02 Å². The van der Waals surface area contributed by atoms with Gasteiger partial charge in [-0.1, -0.05) is 78.3 Å². The number of hydrogen-bond donors (Lipinski definition) is 4. The number of aliphatic hydroxyl groups excluding tert-OH is 1. The van der Waals surface area contributed by atoms with Gasteiger partial charge in [-0.3, -0.25) is 4.79 Å². The normalized spacial score (nSPS) is 12.2. The number of amides is 1. The van der Waals surface area contributed by atoms with E-state index >= 15 is 0 Å². The molecule has 4 N–H and O–H groups in total. The van der Waals surface area contributed by atoms with E-state index in [1.54, 1.807) is 6.21 Å². The Labute approximate surface area is 202 Å². The molecule has 0 saturated carbocycles. The number of phenols is 1. The zero-order valence-corrected chi connectivity index (χ0v) is 19.0. The van der Waals surface area contributed by atoms with E-state index in [2.05, 4.69) is 15.8 Å². The van der Waals surface area contributed by atoms with Gasteiger partial charge < -0.3 is 15.5 Å². The highest BCUT2D eigenvalue weighted by Crippen LogP contribution is 2.24. The lowest BCUT2D eigenvalue weighted by Crippen LogP contribution is -2.24. The van der Waals surface area contributed by atoms with Crippen LogP contribution in [-0.4, -0.2) is 28.9 Å². The first-order valence-electron chi connectivity index (χ1n) is 10.8. The average Bonchev–Trinajstić information content (AvgIpc) is 2.87. The number of rotatable bonds is 8. The highest BCUT2D eigenvalue weighted by molar-refractivity contribution is 6.32. The van der Waals surface area contributed by atoms with Gasteiger partial charge in [0.05, 0.1) is 23.9 Å². The fraction of sp³-hybridized carbons (Fsp3) is 0.111. The summed E-state index contributed by atoms with van der Waals surface area (Å²) in [6, 6.07) is 25.8. The molecule has 0 aliphatic carbocycles. The molecule has 0 heterocycles. The van der Waals surface area contributed by atoms with Crippen LogP contribution in [0.1, 0.15) is 33.1 Å². The predicted octanol–water partition coefficient (Wildman–Crippen LogP) is 4.79. The molecule has 4 aromatic rings. The molecule has 0 aliphatic heterocycles. The van der Waals surface area contributed by atoms with Crippen LogP contribution in [0.15, 0.2) is 90.0 Å². The van der Waals surface area contributed by atoms with Gasteiger partial charge in [0.25, 0.3) is 5.91 Å². The first-order valence-corrected chi connectivity index (χ1v) is 11.2. The molecule has 1 unspecified atom stereocenters. The van der Waals surface area contributed by atoms with E-state index in [-0.39, 0.29) is 23.4 Å². The quantitative estimate of drug-likeness (QED) is 0.219. The highest BCUT2D eigenvalue weighted by Gasteiger charge is 2.11. The maximum atomic E-state index is 12.3. The number of benzene rings is 4. The van der Waals surface area contributed by atoms with Crippen molar-refractivity contribution in [2.45, 2.75) is 12.6 Å². The van der Waals surface area contributed by atoms with Crippen molar-refractivity contribution in [3.8, 4) is 5.75 Å². The summed E-state index contributed by atoms with van der Waals surface area (Å²) < 4.78 is 0. The predicted molar refractivity (Wildman–Crippen MR) is 135 cm³/mol. The van der Waals surface area contributed by atoms with Crippen LogP contribution in [0, 0.1) is 0 Å². The second kappa shape index (κ2) is 10.9. The number of carbonyl (C=O) groups is 1. The fourth-order valence-electron chi connectivity index (χ4n) is 3.73. The molecule has 0 aromatic heterocycles. The topological polar surface area (TPSA) is 94.0 Å². The molecule has 172 valence electrons. The third kappa shape index (κ3) is 5.43. The summed E-state index contributed by atoms with van der Waals surface area (Å²) in [5.41, 5.74) is 5.76. The van der Waals surface area contributed by atoms with Crippen LogP contribution in [-0.2, 0) is 6.54 Å². The van der Waals surface area contributed by atoms with Gasteiger partial charge in [0.15, 0.2) is 0 Å². The second-order valence-electron chi connectivity index (χ2n) is 7.75. The van der Waals surface area contributed by atoms with Crippen molar-refractivity contribution in [2.24, 2.45) is 5.10 Å². The summed E-state index contributed by atoms with van der Waals surface area (Å²) >= 11 is 5.87.